The third kappa shape index (κ3) is 3.11. The molecule has 2 rings (SSSR count). The van der Waals surface area contributed by atoms with E-state index < -0.39 is 0 Å². The zero-order chi connectivity index (χ0) is 12.4. The summed E-state index contributed by atoms with van der Waals surface area (Å²) in [6.45, 7) is 4.30. The Morgan fingerprint density at radius 3 is 2.88 bits per heavy atom. The quantitative estimate of drug-likeness (QED) is 0.874. The summed E-state index contributed by atoms with van der Waals surface area (Å²) in [7, 11) is 2.12. The summed E-state index contributed by atoms with van der Waals surface area (Å²) in [6, 6.07) is 5.11. The fraction of sp³-hybridized carbons (Fsp3) is 0.538. The molecule has 1 aromatic rings. The Balaban J connectivity index is 2.05. The monoisotopic (exact) mass is 256 g/mol. The predicted octanol–water partition coefficient (Wildman–Crippen LogP) is 3.23. The molecule has 0 aromatic heterocycles. The van der Waals surface area contributed by atoms with Crippen LogP contribution in [0, 0.1) is 11.7 Å². The second-order valence-electron chi connectivity index (χ2n) is 4.90. The number of hydrogen-bond acceptors (Lipinski definition) is 2. The van der Waals surface area contributed by atoms with Crippen LogP contribution in [0.5, 0.6) is 0 Å². The summed E-state index contributed by atoms with van der Waals surface area (Å²) in [6.07, 6.45) is 1.04. The molecule has 1 N–H and O–H groups in total. The first-order valence-corrected chi connectivity index (χ1v) is 6.34. The lowest BCUT2D eigenvalue weighted by atomic mass is 9.94. The zero-order valence-electron chi connectivity index (χ0n) is 10.2. The van der Waals surface area contributed by atoms with Gasteiger partial charge in [0.25, 0.3) is 0 Å². The van der Waals surface area contributed by atoms with Gasteiger partial charge in [-0.3, -0.25) is 0 Å². The fourth-order valence-electron chi connectivity index (χ4n) is 2.37. The van der Waals surface area contributed by atoms with Gasteiger partial charge in [0.15, 0.2) is 0 Å². The smallest absolute Gasteiger partial charge is 0.147 e. The first-order valence-electron chi connectivity index (χ1n) is 5.96. The van der Waals surface area contributed by atoms with E-state index in [4.69, 9.17) is 11.6 Å². The molecule has 0 spiro atoms. The standard InChI is InChI=1S/C13H18ClFN2/c1-9-8-17(2)6-5-12(9)16-13-4-3-10(14)7-11(13)15/h3-4,7,9,12,16H,5-6,8H2,1-2H3/t9-,12-/m1/s1. The molecule has 0 radical (unpaired) electrons. The number of rotatable bonds is 2. The average molecular weight is 257 g/mol. The normalized spacial score (nSPS) is 25.9. The van der Waals surface area contributed by atoms with Gasteiger partial charge in [0.2, 0.25) is 0 Å². The molecule has 1 aliphatic rings. The second-order valence-corrected chi connectivity index (χ2v) is 5.34. The Morgan fingerprint density at radius 1 is 1.47 bits per heavy atom. The Kier molecular flexibility index (Phi) is 3.89. The van der Waals surface area contributed by atoms with Gasteiger partial charge < -0.3 is 10.2 Å². The molecular formula is C13H18ClFN2. The lowest BCUT2D eigenvalue weighted by molar-refractivity contribution is 0.206. The molecule has 0 aliphatic carbocycles. The number of likely N-dealkylation sites (tertiary alicyclic amines) is 1. The molecule has 0 bridgehead atoms. The first kappa shape index (κ1) is 12.7. The molecule has 2 atom stereocenters. The van der Waals surface area contributed by atoms with E-state index >= 15 is 0 Å². The van der Waals surface area contributed by atoms with Crippen LogP contribution in [0.15, 0.2) is 18.2 Å². The van der Waals surface area contributed by atoms with Crippen LogP contribution in [-0.2, 0) is 0 Å². The van der Waals surface area contributed by atoms with Crippen LogP contribution >= 0.6 is 11.6 Å². The number of piperidine rings is 1. The SMILES string of the molecule is C[C@@H]1CN(C)CC[C@H]1Nc1ccc(Cl)cc1F. The highest BCUT2D eigenvalue weighted by atomic mass is 35.5. The summed E-state index contributed by atoms with van der Waals surface area (Å²) in [5.74, 6) is 0.243. The van der Waals surface area contributed by atoms with Crippen molar-refractivity contribution < 1.29 is 4.39 Å². The van der Waals surface area contributed by atoms with Gasteiger partial charge in [0, 0.05) is 17.6 Å². The molecule has 0 unspecified atom stereocenters. The molecule has 1 heterocycles. The number of hydrogen-bond donors (Lipinski definition) is 1. The van der Waals surface area contributed by atoms with E-state index in [2.05, 4.69) is 24.2 Å². The molecule has 94 valence electrons. The van der Waals surface area contributed by atoms with Crippen molar-refractivity contribution in [3.05, 3.63) is 29.0 Å². The third-order valence-electron chi connectivity index (χ3n) is 3.38. The lowest BCUT2D eigenvalue weighted by Crippen LogP contribution is -2.43. The van der Waals surface area contributed by atoms with E-state index in [9.17, 15) is 4.39 Å². The maximum Gasteiger partial charge on any atom is 0.147 e. The third-order valence-corrected chi connectivity index (χ3v) is 3.62. The number of nitrogens with one attached hydrogen (secondary N) is 1. The van der Waals surface area contributed by atoms with Crippen LogP contribution in [0.25, 0.3) is 0 Å². The van der Waals surface area contributed by atoms with Crippen molar-refractivity contribution in [3.63, 3.8) is 0 Å². The van der Waals surface area contributed by atoms with Crippen molar-refractivity contribution in [2.75, 3.05) is 25.5 Å². The fourth-order valence-corrected chi connectivity index (χ4v) is 2.53. The summed E-state index contributed by atoms with van der Waals surface area (Å²) in [5, 5.41) is 3.72. The van der Waals surface area contributed by atoms with Gasteiger partial charge in [0.1, 0.15) is 5.82 Å². The molecule has 2 nitrogen and oxygen atoms in total. The van der Waals surface area contributed by atoms with Crippen molar-refractivity contribution in [3.8, 4) is 0 Å². The molecular weight excluding hydrogens is 239 g/mol. The molecule has 0 saturated carbocycles. The van der Waals surface area contributed by atoms with Crippen LogP contribution in [0.3, 0.4) is 0 Å². The van der Waals surface area contributed by atoms with Crippen molar-refractivity contribution in [2.24, 2.45) is 5.92 Å². The van der Waals surface area contributed by atoms with Crippen molar-refractivity contribution >= 4 is 17.3 Å². The largest absolute Gasteiger partial charge is 0.380 e. The Labute approximate surface area is 107 Å². The molecule has 1 aromatic carbocycles. The molecule has 1 fully saturated rings. The number of benzene rings is 1. The highest BCUT2D eigenvalue weighted by Gasteiger charge is 2.24. The van der Waals surface area contributed by atoms with Crippen LogP contribution < -0.4 is 5.32 Å². The van der Waals surface area contributed by atoms with Gasteiger partial charge >= 0.3 is 0 Å². The molecule has 0 amide bonds. The highest BCUT2D eigenvalue weighted by molar-refractivity contribution is 6.30. The van der Waals surface area contributed by atoms with Gasteiger partial charge in [0.05, 0.1) is 5.69 Å². The summed E-state index contributed by atoms with van der Waals surface area (Å²) in [5.41, 5.74) is 0.552. The van der Waals surface area contributed by atoms with Gasteiger partial charge in [-0.25, -0.2) is 4.39 Å². The number of anilines is 1. The topological polar surface area (TPSA) is 15.3 Å². The van der Waals surface area contributed by atoms with E-state index in [1.54, 1.807) is 12.1 Å². The van der Waals surface area contributed by atoms with E-state index in [1.165, 1.54) is 6.07 Å². The molecule has 1 aliphatic heterocycles. The first-order chi connectivity index (χ1) is 8.06. The van der Waals surface area contributed by atoms with Crippen LogP contribution in [0.4, 0.5) is 10.1 Å². The predicted molar refractivity (Wildman–Crippen MR) is 70.1 cm³/mol. The van der Waals surface area contributed by atoms with E-state index in [0.29, 0.717) is 22.7 Å². The van der Waals surface area contributed by atoms with Crippen molar-refractivity contribution in [1.29, 1.82) is 0 Å². The van der Waals surface area contributed by atoms with Gasteiger partial charge in [-0.05, 0) is 44.1 Å². The van der Waals surface area contributed by atoms with Crippen molar-refractivity contribution in [1.82, 2.24) is 4.90 Å². The highest BCUT2D eigenvalue weighted by Crippen LogP contribution is 2.24. The molecule has 17 heavy (non-hydrogen) atoms. The Hall–Kier alpha value is -0.800. The van der Waals surface area contributed by atoms with Gasteiger partial charge in [-0.15, -0.1) is 0 Å². The summed E-state index contributed by atoms with van der Waals surface area (Å²) in [4.78, 5) is 2.31. The molecule has 1 saturated heterocycles. The number of halogens is 2. The summed E-state index contributed by atoms with van der Waals surface area (Å²) < 4.78 is 13.7. The maximum absolute atomic E-state index is 13.7. The van der Waals surface area contributed by atoms with Crippen LogP contribution in [0.2, 0.25) is 5.02 Å². The van der Waals surface area contributed by atoms with Gasteiger partial charge in [-0.1, -0.05) is 18.5 Å². The van der Waals surface area contributed by atoms with Crippen LogP contribution in [0.1, 0.15) is 13.3 Å². The van der Waals surface area contributed by atoms with Gasteiger partial charge in [-0.2, -0.15) is 0 Å². The minimum atomic E-state index is -0.274. The maximum atomic E-state index is 13.7. The number of nitrogens with zero attached hydrogens (tertiary/aromatic N) is 1. The van der Waals surface area contributed by atoms with E-state index in [1.807, 2.05) is 0 Å². The second kappa shape index (κ2) is 5.23. The lowest BCUT2D eigenvalue weighted by Gasteiger charge is -2.35. The minimum Gasteiger partial charge on any atom is -0.380 e. The Morgan fingerprint density at radius 2 is 2.24 bits per heavy atom. The summed E-state index contributed by atoms with van der Waals surface area (Å²) >= 11 is 5.73. The minimum absolute atomic E-state index is 0.274. The van der Waals surface area contributed by atoms with Crippen molar-refractivity contribution in [2.45, 2.75) is 19.4 Å². The van der Waals surface area contributed by atoms with E-state index in [0.717, 1.165) is 19.5 Å². The van der Waals surface area contributed by atoms with E-state index in [-0.39, 0.29) is 5.82 Å². The zero-order valence-corrected chi connectivity index (χ0v) is 11.0. The molecule has 4 heteroatoms. The average Bonchev–Trinajstić information content (AvgIpc) is 2.25. The van der Waals surface area contributed by atoms with Crippen LogP contribution in [-0.4, -0.2) is 31.1 Å². The Bertz CT molecular complexity index is 397.